The van der Waals surface area contributed by atoms with Gasteiger partial charge in [0.25, 0.3) is 0 Å². The first-order valence-corrected chi connectivity index (χ1v) is 23.2. The molecule has 10 heteroatoms. The number of nitrogens with zero attached hydrogens (tertiary/aromatic N) is 5. The first-order chi connectivity index (χ1) is 29.9. The van der Waals surface area contributed by atoms with E-state index in [0.29, 0.717) is 25.7 Å². The van der Waals surface area contributed by atoms with Crippen LogP contribution < -0.4 is 5.32 Å². The second-order valence-corrected chi connectivity index (χ2v) is 18.7. The van der Waals surface area contributed by atoms with Crippen LogP contribution in [0.4, 0.5) is 0 Å². The predicted molar refractivity (Wildman–Crippen MR) is 257 cm³/mol. The molecule has 0 radical (unpaired) electrons. The molecule has 312 valence electrons. The second kappa shape index (κ2) is 17.8. The minimum Gasteiger partial charge on any atom is -0.390 e. The molecule has 0 saturated carbocycles. The Morgan fingerprint density at radius 3 is 1.41 bits per heavy atom. The standard InChI is InChI=1S/C32H29Br2N3O.C19H23N3O/c33-21-9-11-30-28(17-21)29-18-22(34)10-12-31(29)37(30)20-23(38)19-35-13-15-36(16-14-35)32-26-7-3-1-5-24(26)25-6-2-4-8-27(25)32;23-15(13-21-11-9-20-10-12-21)14-22-18-7-3-1-5-16(18)17-6-2-4-8-19(17)22/h1-12,17-18,23,32,38H,13-16,19-20H2;1-8,15,20,23H,9-14H2. The van der Waals surface area contributed by atoms with E-state index in [-0.39, 0.29) is 6.10 Å². The number of aromatic nitrogens is 2. The molecule has 2 atom stereocenters. The summed E-state index contributed by atoms with van der Waals surface area (Å²) in [5, 5.41) is 30.1. The molecule has 8 nitrogen and oxygen atoms in total. The third kappa shape index (κ3) is 8.21. The molecular weight excluding hydrogens is 888 g/mol. The van der Waals surface area contributed by atoms with Crippen LogP contribution in [0.15, 0.2) is 142 Å². The van der Waals surface area contributed by atoms with Crippen LogP contribution in [0.3, 0.4) is 0 Å². The van der Waals surface area contributed by atoms with Crippen LogP contribution in [0.25, 0.3) is 54.7 Å². The summed E-state index contributed by atoms with van der Waals surface area (Å²) in [6.07, 6.45) is -0.798. The molecule has 3 aliphatic rings. The number of piperazine rings is 2. The first-order valence-electron chi connectivity index (χ1n) is 21.7. The lowest BCUT2D eigenvalue weighted by Gasteiger charge is -2.39. The van der Waals surface area contributed by atoms with E-state index >= 15 is 0 Å². The molecule has 0 amide bonds. The lowest BCUT2D eigenvalue weighted by Crippen LogP contribution is -2.49. The molecule has 1 aliphatic carbocycles. The van der Waals surface area contributed by atoms with Crippen molar-refractivity contribution in [3.63, 3.8) is 0 Å². The number of aliphatic hydroxyl groups excluding tert-OH is 2. The number of β-amino-alcohol motifs (C(OH)–C–C–N with tert-alkyl or cyclic N) is 2. The van der Waals surface area contributed by atoms with Gasteiger partial charge in [-0.2, -0.15) is 0 Å². The van der Waals surface area contributed by atoms with E-state index in [4.69, 9.17) is 0 Å². The molecule has 11 rings (SSSR count). The molecule has 2 saturated heterocycles. The maximum absolute atomic E-state index is 11.2. The summed E-state index contributed by atoms with van der Waals surface area (Å²) in [5.41, 5.74) is 10.3. The van der Waals surface area contributed by atoms with Gasteiger partial charge in [-0.05, 0) is 70.8 Å². The van der Waals surface area contributed by atoms with Crippen LogP contribution in [-0.2, 0) is 13.1 Å². The van der Waals surface area contributed by atoms with E-state index in [1.807, 2.05) is 0 Å². The molecule has 3 N–H and O–H groups in total. The molecule has 6 aromatic carbocycles. The largest absolute Gasteiger partial charge is 0.390 e. The van der Waals surface area contributed by atoms with E-state index in [1.54, 1.807) is 0 Å². The number of rotatable bonds is 9. The summed E-state index contributed by atoms with van der Waals surface area (Å²) < 4.78 is 6.67. The number of fused-ring (bicyclic) bond motifs is 9. The Balaban J connectivity index is 0.000000165. The maximum Gasteiger partial charge on any atom is 0.0845 e. The molecule has 2 aliphatic heterocycles. The number of hydrogen-bond acceptors (Lipinski definition) is 6. The first kappa shape index (κ1) is 40.7. The molecule has 2 aromatic heterocycles. The van der Waals surface area contributed by atoms with Crippen molar-refractivity contribution in [2.45, 2.75) is 31.3 Å². The van der Waals surface area contributed by atoms with Gasteiger partial charge in [-0.3, -0.25) is 14.7 Å². The van der Waals surface area contributed by atoms with Crippen LogP contribution in [0.2, 0.25) is 0 Å². The van der Waals surface area contributed by atoms with Crippen molar-refractivity contribution in [1.82, 2.24) is 29.2 Å². The van der Waals surface area contributed by atoms with E-state index in [9.17, 15) is 10.2 Å². The fourth-order valence-electron chi connectivity index (χ4n) is 10.2. The number of nitrogens with one attached hydrogen (secondary N) is 1. The molecule has 2 unspecified atom stereocenters. The van der Waals surface area contributed by atoms with Crippen molar-refractivity contribution in [3.05, 3.63) is 154 Å². The zero-order valence-electron chi connectivity index (χ0n) is 34.3. The Bertz CT molecular complexity index is 2660. The highest BCUT2D eigenvalue weighted by Crippen LogP contribution is 2.46. The Morgan fingerprint density at radius 2 is 0.902 bits per heavy atom. The van der Waals surface area contributed by atoms with E-state index in [2.05, 4.69) is 194 Å². The average Bonchev–Trinajstić information content (AvgIpc) is 3.89. The van der Waals surface area contributed by atoms with Gasteiger partial charge in [0.2, 0.25) is 0 Å². The number of para-hydroxylation sites is 2. The van der Waals surface area contributed by atoms with Crippen molar-refractivity contribution >= 4 is 75.5 Å². The van der Waals surface area contributed by atoms with Crippen LogP contribution >= 0.6 is 31.9 Å². The van der Waals surface area contributed by atoms with Crippen molar-refractivity contribution in [2.75, 3.05) is 65.4 Å². The molecule has 0 spiro atoms. The Labute approximate surface area is 374 Å². The quantitative estimate of drug-likeness (QED) is 0.134. The Hall–Kier alpha value is -4.36. The molecule has 8 aromatic rings. The Kier molecular flexibility index (Phi) is 11.9. The topological polar surface area (TPSA) is 72.1 Å². The summed E-state index contributed by atoms with van der Waals surface area (Å²) in [6, 6.07) is 47.8. The van der Waals surface area contributed by atoms with Gasteiger partial charge in [0.15, 0.2) is 0 Å². The highest BCUT2D eigenvalue weighted by atomic mass is 79.9. The third-order valence-corrected chi connectivity index (χ3v) is 14.0. The SMILES string of the molecule is OC(CN1CCN(C2c3ccccc3-c3ccccc32)CC1)Cn1c2ccc(Br)cc2c2cc(Br)ccc21.OC(CN1CCNCC1)Cn1c2ccccc2c2ccccc21. The fraction of sp³-hybridized carbons (Fsp3) is 0.294. The van der Waals surface area contributed by atoms with Gasteiger partial charge in [0.1, 0.15) is 0 Å². The molecule has 2 fully saturated rings. The van der Waals surface area contributed by atoms with Gasteiger partial charge in [0, 0.05) is 118 Å². The number of halogens is 2. The van der Waals surface area contributed by atoms with Crippen LogP contribution in [-0.4, -0.2) is 112 Å². The van der Waals surface area contributed by atoms with Crippen LogP contribution in [0.5, 0.6) is 0 Å². The fourth-order valence-corrected chi connectivity index (χ4v) is 10.9. The molecule has 4 heterocycles. The number of aliphatic hydroxyl groups is 2. The van der Waals surface area contributed by atoms with Gasteiger partial charge < -0.3 is 24.7 Å². The minimum atomic E-state index is -0.444. The van der Waals surface area contributed by atoms with Gasteiger partial charge in [-0.25, -0.2) is 0 Å². The second-order valence-electron chi connectivity index (χ2n) is 16.9. The van der Waals surface area contributed by atoms with Crippen molar-refractivity contribution in [3.8, 4) is 11.1 Å². The van der Waals surface area contributed by atoms with E-state index in [0.717, 1.165) is 78.9 Å². The molecular formula is C51H52Br2N6O2. The monoisotopic (exact) mass is 938 g/mol. The maximum atomic E-state index is 11.2. The Morgan fingerprint density at radius 1 is 0.475 bits per heavy atom. The normalized spacial score (nSPS) is 17.4. The summed E-state index contributed by atoms with van der Waals surface area (Å²) in [6.45, 7) is 10.6. The lowest BCUT2D eigenvalue weighted by atomic mass is 10.0. The van der Waals surface area contributed by atoms with Gasteiger partial charge in [0.05, 0.1) is 31.3 Å². The zero-order valence-corrected chi connectivity index (χ0v) is 37.5. The predicted octanol–water partition coefficient (Wildman–Crippen LogP) is 9.13. The van der Waals surface area contributed by atoms with Crippen molar-refractivity contribution in [2.24, 2.45) is 0 Å². The third-order valence-electron chi connectivity index (χ3n) is 13.0. The van der Waals surface area contributed by atoms with E-state index < -0.39 is 6.10 Å². The molecule has 0 bridgehead atoms. The number of benzene rings is 6. The van der Waals surface area contributed by atoms with Crippen LogP contribution in [0.1, 0.15) is 17.2 Å². The minimum absolute atomic E-state index is 0.325. The number of hydrogen-bond donors (Lipinski definition) is 3. The van der Waals surface area contributed by atoms with E-state index in [1.165, 1.54) is 54.8 Å². The zero-order chi connectivity index (χ0) is 41.5. The smallest absolute Gasteiger partial charge is 0.0845 e. The average molecular weight is 941 g/mol. The highest BCUT2D eigenvalue weighted by molar-refractivity contribution is 9.10. The lowest BCUT2D eigenvalue weighted by molar-refractivity contribution is 0.0571. The van der Waals surface area contributed by atoms with Crippen molar-refractivity contribution in [1.29, 1.82) is 0 Å². The summed E-state index contributed by atoms with van der Waals surface area (Å²) >= 11 is 7.26. The van der Waals surface area contributed by atoms with Gasteiger partial charge in [-0.15, -0.1) is 0 Å². The summed E-state index contributed by atoms with van der Waals surface area (Å²) in [4.78, 5) is 7.39. The van der Waals surface area contributed by atoms with Crippen LogP contribution in [0, 0.1) is 0 Å². The molecule has 61 heavy (non-hydrogen) atoms. The highest BCUT2D eigenvalue weighted by Gasteiger charge is 2.34. The van der Waals surface area contributed by atoms with Gasteiger partial charge >= 0.3 is 0 Å². The van der Waals surface area contributed by atoms with Crippen molar-refractivity contribution < 1.29 is 10.2 Å². The summed E-state index contributed by atoms with van der Waals surface area (Å²) in [5.74, 6) is 0. The van der Waals surface area contributed by atoms with Gasteiger partial charge in [-0.1, -0.05) is 117 Å². The summed E-state index contributed by atoms with van der Waals surface area (Å²) in [7, 11) is 0.